The Labute approximate surface area is 73.8 Å². The van der Waals surface area contributed by atoms with Crippen LogP contribution in [0.5, 0.6) is 0 Å². The van der Waals surface area contributed by atoms with Crippen molar-refractivity contribution in [2.45, 2.75) is 9.79 Å². The molecule has 1 aromatic carbocycles. The lowest BCUT2D eigenvalue weighted by atomic mass is 10.2. The van der Waals surface area contributed by atoms with Crippen LogP contribution in [-0.2, 0) is 0 Å². The lowest BCUT2D eigenvalue weighted by Crippen LogP contribution is -1.74. The third kappa shape index (κ3) is 1.24. The van der Waals surface area contributed by atoms with E-state index in [1.807, 2.05) is 41.7 Å². The predicted molar refractivity (Wildman–Crippen MR) is 47.7 cm³/mol. The van der Waals surface area contributed by atoms with E-state index in [0.29, 0.717) is 0 Å². The van der Waals surface area contributed by atoms with E-state index in [1.54, 1.807) is 0 Å². The summed E-state index contributed by atoms with van der Waals surface area (Å²) in [6.07, 6.45) is 0. The van der Waals surface area contributed by atoms with E-state index in [9.17, 15) is 0 Å². The summed E-state index contributed by atoms with van der Waals surface area (Å²) < 4.78 is 0. The van der Waals surface area contributed by atoms with E-state index in [1.165, 1.54) is 9.79 Å². The standard InChI is InChI=1S/C8H5NS2/c9-4-6-1-2-7-8(3-6)11-5-10-7/h1-3H,5H2. The van der Waals surface area contributed by atoms with Crippen molar-refractivity contribution in [3.63, 3.8) is 0 Å². The number of fused-ring (bicyclic) bond motifs is 1. The average Bonchev–Trinajstić information content (AvgIpc) is 2.50. The van der Waals surface area contributed by atoms with Crippen LogP contribution in [0.2, 0.25) is 0 Å². The fourth-order valence-electron chi connectivity index (χ4n) is 0.966. The molecule has 0 bridgehead atoms. The van der Waals surface area contributed by atoms with Crippen LogP contribution in [0, 0.1) is 11.3 Å². The van der Waals surface area contributed by atoms with Crippen molar-refractivity contribution in [2.24, 2.45) is 0 Å². The van der Waals surface area contributed by atoms with Crippen molar-refractivity contribution in [1.82, 2.24) is 0 Å². The summed E-state index contributed by atoms with van der Waals surface area (Å²) in [7, 11) is 0. The van der Waals surface area contributed by atoms with E-state index in [-0.39, 0.29) is 0 Å². The highest BCUT2D eigenvalue weighted by molar-refractivity contribution is 8.18. The summed E-state index contributed by atoms with van der Waals surface area (Å²) in [5.41, 5.74) is 0.763. The van der Waals surface area contributed by atoms with Gasteiger partial charge < -0.3 is 0 Å². The topological polar surface area (TPSA) is 23.8 Å². The van der Waals surface area contributed by atoms with Crippen LogP contribution in [0.15, 0.2) is 28.0 Å². The van der Waals surface area contributed by atoms with Gasteiger partial charge in [0.05, 0.1) is 11.6 Å². The van der Waals surface area contributed by atoms with Crippen molar-refractivity contribution in [2.75, 3.05) is 5.08 Å². The van der Waals surface area contributed by atoms with Gasteiger partial charge in [-0.3, -0.25) is 0 Å². The molecule has 0 saturated heterocycles. The summed E-state index contributed by atoms with van der Waals surface area (Å²) in [5, 5.41) is 9.69. The van der Waals surface area contributed by atoms with Crippen molar-refractivity contribution in [3.8, 4) is 6.07 Å². The Morgan fingerprint density at radius 1 is 1.27 bits per heavy atom. The van der Waals surface area contributed by atoms with Crippen molar-refractivity contribution in [3.05, 3.63) is 23.8 Å². The molecule has 1 aliphatic heterocycles. The summed E-state index contributed by atoms with van der Waals surface area (Å²) in [6.45, 7) is 0. The zero-order chi connectivity index (χ0) is 7.68. The first-order valence-corrected chi connectivity index (χ1v) is 5.17. The van der Waals surface area contributed by atoms with Crippen LogP contribution in [0.1, 0.15) is 5.56 Å². The monoisotopic (exact) mass is 179 g/mol. The first kappa shape index (κ1) is 7.08. The molecule has 0 N–H and O–H groups in total. The molecule has 1 aromatic rings. The molecule has 0 saturated carbocycles. The summed E-state index contributed by atoms with van der Waals surface area (Å²) in [4.78, 5) is 2.57. The summed E-state index contributed by atoms with van der Waals surface area (Å²) in [6, 6.07) is 7.99. The lowest BCUT2D eigenvalue weighted by molar-refractivity contribution is 1.25. The minimum Gasteiger partial charge on any atom is -0.192 e. The molecule has 0 amide bonds. The van der Waals surface area contributed by atoms with Gasteiger partial charge in [0, 0.05) is 14.9 Å². The molecule has 0 unspecified atom stereocenters. The maximum absolute atomic E-state index is 8.60. The van der Waals surface area contributed by atoms with Gasteiger partial charge in [-0.15, -0.1) is 23.5 Å². The van der Waals surface area contributed by atoms with E-state index >= 15 is 0 Å². The van der Waals surface area contributed by atoms with Gasteiger partial charge in [-0.25, -0.2) is 0 Å². The molecule has 0 aromatic heterocycles. The maximum Gasteiger partial charge on any atom is 0.0992 e. The van der Waals surface area contributed by atoms with Crippen LogP contribution in [0.4, 0.5) is 0 Å². The molecule has 2 rings (SSSR count). The summed E-state index contributed by atoms with van der Waals surface area (Å²) in [5.74, 6) is 0. The van der Waals surface area contributed by atoms with Crippen LogP contribution < -0.4 is 0 Å². The molecule has 0 spiro atoms. The Bertz CT molecular complexity index is 327. The number of nitrogens with zero attached hydrogens (tertiary/aromatic N) is 1. The van der Waals surface area contributed by atoms with Crippen molar-refractivity contribution in [1.29, 1.82) is 5.26 Å². The highest BCUT2D eigenvalue weighted by Crippen LogP contribution is 2.41. The predicted octanol–water partition coefficient (Wildman–Crippen LogP) is 2.71. The zero-order valence-electron chi connectivity index (χ0n) is 5.70. The molecule has 1 aliphatic rings. The minimum absolute atomic E-state index is 0.763. The molecule has 0 fully saturated rings. The van der Waals surface area contributed by atoms with Gasteiger partial charge in [0.25, 0.3) is 0 Å². The molecule has 0 atom stereocenters. The first-order valence-electron chi connectivity index (χ1n) is 3.20. The zero-order valence-corrected chi connectivity index (χ0v) is 7.34. The van der Waals surface area contributed by atoms with Crippen LogP contribution in [0.3, 0.4) is 0 Å². The molecule has 3 heteroatoms. The fourth-order valence-corrected chi connectivity index (χ4v) is 3.36. The molecule has 11 heavy (non-hydrogen) atoms. The van der Waals surface area contributed by atoms with Gasteiger partial charge in [0.2, 0.25) is 0 Å². The second-order valence-electron chi connectivity index (χ2n) is 2.18. The van der Waals surface area contributed by atoms with E-state index in [4.69, 9.17) is 5.26 Å². The summed E-state index contributed by atoms with van der Waals surface area (Å²) >= 11 is 3.65. The van der Waals surface area contributed by atoms with Crippen molar-refractivity contribution >= 4 is 23.5 Å². The number of hydrogen-bond donors (Lipinski definition) is 0. The normalized spacial score (nSPS) is 14.1. The quantitative estimate of drug-likeness (QED) is 0.612. The van der Waals surface area contributed by atoms with E-state index in [0.717, 1.165) is 10.6 Å². The van der Waals surface area contributed by atoms with Gasteiger partial charge in [-0.05, 0) is 18.2 Å². The number of nitriles is 1. The molecule has 1 nitrogen and oxygen atoms in total. The molecule has 0 radical (unpaired) electrons. The smallest absolute Gasteiger partial charge is 0.0992 e. The second-order valence-corrected chi connectivity index (χ2v) is 4.58. The van der Waals surface area contributed by atoms with Gasteiger partial charge >= 0.3 is 0 Å². The second kappa shape index (κ2) is 2.80. The van der Waals surface area contributed by atoms with Crippen LogP contribution >= 0.6 is 23.5 Å². The van der Waals surface area contributed by atoms with Crippen LogP contribution in [0.25, 0.3) is 0 Å². The Balaban J connectivity index is 2.51. The Morgan fingerprint density at radius 3 is 2.91 bits per heavy atom. The number of thioether (sulfide) groups is 2. The number of benzene rings is 1. The molecule has 54 valence electrons. The fraction of sp³-hybridized carbons (Fsp3) is 0.125. The third-order valence-electron chi connectivity index (χ3n) is 1.50. The van der Waals surface area contributed by atoms with Crippen molar-refractivity contribution < 1.29 is 0 Å². The third-order valence-corrected chi connectivity index (χ3v) is 3.89. The van der Waals surface area contributed by atoms with E-state index in [2.05, 4.69) is 6.07 Å². The Hall–Kier alpha value is -0.590. The number of rotatable bonds is 0. The molecule has 1 heterocycles. The highest BCUT2D eigenvalue weighted by Gasteiger charge is 2.11. The SMILES string of the molecule is N#Cc1ccc2c(c1)SCS2. The maximum atomic E-state index is 8.60. The van der Waals surface area contributed by atoms with Gasteiger partial charge in [0.15, 0.2) is 0 Å². The Morgan fingerprint density at radius 2 is 2.09 bits per heavy atom. The number of hydrogen-bond acceptors (Lipinski definition) is 3. The average molecular weight is 179 g/mol. The molecular formula is C8H5NS2. The van der Waals surface area contributed by atoms with Gasteiger partial charge in [0.1, 0.15) is 0 Å². The lowest BCUT2D eigenvalue weighted by Gasteiger charge is -1.94. The van der Waals surface area contributed by atoms with Gasteiger partial charge in [-0.1, -0.05) is 0 Å². The highest BCUT2D eigenvalue weighted by atomic mass is 32.2. The van der Waals surface area contributed by atoms with Crippen LogP contribution in [-0.4, -0.2) is 5.08 Å². The first-order chi connectivity index (χ1) is 5.40. The molecular weight excluding hydrogens is 174 g/mol. The van der Waals surface area contributed by atoms with E-state index < -0.39 is 0 Å². The minimum atomic E-state index is 0.763. The van der Waals surface area contributed by atoms with Gasteiger partial charge in [-0.2, -0.15) is 5.26 Å². The molecule has 0 aliphatic carbocycles. The largest absolute Gasteiger partial charge is 0.192 e. The Kier molecular flexibility index (Phi) is 1.80.